The minimum absolute atomic E-state index is 0.0337. The van der Waals surface area contributed by atoms with Gasteiger partial charge in [0.25, 0.3) is 0 Å². The third-order valence-electron chi connectivity index (χ3n) is 5.23. The minimum Gasteiger partial charge on any atom is -0.497 e. The summed E-state index contributed by atoms with van der Waals surface area (Å²) in [6, 6.07) is 12.1. The Labute approximate surface area is 197 Å². The maximum absolute atomic E-state index is 14.2. The van der Waals surface area contributed by atoms with Crippen LogP contribution in [0.15, 0.2) is 59.9 Å². The molecule has 1 aromatic heterocycles. The predicted octanol–water partition coefficient (Wildman–Crippen LogP) is 2.06. The molecule has 0 aliphatic carbocycles. The molecule has 1 unspecified atom stereocenters. The number of hydrogen-bond acceptors (Lipinski definition) is 6. The molecule has 178 valence electrons. The first-order chi connectivity index (χ1) is 16.2. The lowest BCUT2D eigenvalue weighted by Crippen LogP contribution is -2.33. The number of benzene rings is 2. The molecule has 0 saturated heterocycles. The molecule has 0 aliphatic heterocycles. The van der Waals surface area contributed by atoms with Crippen LogP contribution in [0.3, 0.4) is 0 Å². The fourth-order valence-electron chi connectivity index (χ4n) is 3.39. The van der Waals surface area contributed by atoms with Crippen LogP contribution in [0.4, 0.5) is 4.39 Å². The largest absolute Gasteiger partial charge is 0.497 e. The van der Waals surface area contributed by atoms with Gasteiger partial charge in [0.15, 0.2) is 0 Å². The van der Waals surface area contributed by atoms with E-state index in [1.54, 1.807) is 48.4 Å². The van der Waals surface area contributed by atoms with Crippen molar-refractivity contribution in [3.63, 3.8) is 0 Å². The quantitative estimate of drug-likeness (QED) is 0.453. The fraction of sp³-hybridized carbons (Fsp3) is 0.261. The van der Waals surface area contributed by atoms with Crippen molar-refractivity contribution in [3.8, 4) is 11.8 Å². The molecule has 1 amide bonds. The van der Waals surface area contributed by atoms with E-state index in [0.29, 0.717) is 11.3 Å². The zero-order valence-electron chi connectivity index (χ0n) is 18.7. The Hall–Kier alpha value is -3.75. The molecule has 1 atom stereocenters. The van der Waals surface area contributed by atoms with Gasteiger partial charge in [0.05, 0.1) is 23.9 Å². The van der Waals surface area contributed by atoms with Crippen LogP contribution in [-0.4, -0.2) is 44.1 Å². The topological polar surface area (TPSA) is 126 Å². The summed E-state index contributed by atoms with van der Waals surface area (Å²) in [4.78, 5) is 16.5. The smallest absolute Gasteiger partial charge is 0.240 e. The van der Waals surface area contributed by atoms with Crippen molar-refractivity contribution < 1.29 is 22.3 Å². The van der Waals surface area contributed by atoms with E-state index in [1.807, 2.05) is 0 Å². The number of carbonyl (C=O) groups excluding carboxylic acids is 1. The van der Waals surface area contributed by atoms with Crippen molar-refractivity contribution in [2.45, 2.75) is 17.2 Å². The number of nitrogens with one attached hydrogen (secondary N) is 2. The number of halogens is 1. The van der Waals surface area contributed by atoms with E-state index in [1.165, 1.54) is 31.4 Å². The Kier molecular flexibility index (Phi) is 7.99. The predicted molar refractivity (Wildman–Crippen MR) is 122 cm³/mol. The molecule has 0 fully saturated rings. The molecular weight excluding hydrogens is 461 g/mol. The van der Waals surface area contributed by atoms with Crippen molar-refractivity contribution in [3.05, 3.63) is 77.6 Å². The van der Waals surface area contributed by atoms with Crippen molar-refractivity contribution in [1.82, 2.24) is 19.6 Å². The lowest BCUT2D eigenvalue weighted by molar-refractivity contribution is -0.120. The summed E-state index contributed by atoms with van der Waals surface area (Å²) in [6.45, 7) is 0.0274. The summed E-state index contributed by atoms with van der Waals surface area (Å²) in [7, 11) is -0.584. The standard InChI is InChI=1S/C23H24FN5O4S/c1-29-15-26-14-22(29)20(16-6-7-17(12-25)21(24)10-16)13-27-23(30)8-9-28-34(31,32)19-5-3-4-18(11-19)33-2/h3-7,10-11,14-15,20,28H,8-9,13H2,1-2H3,(H,27,30). The molecule has 3 rings (SSSR count). The lowest BCUT2D eigenvalue weighted by atomic mass is 9.94. The number of ether oxygens (including phenoxy) is 1. The second-order valence-corrected chi connectivity index (χ2v) is 9.23. The third kappa shape index (κ3) is 5.98. The summed E-state index contributed by atoms with van der Waals surface area (Å²) < 4.78 is 48.3. The molecule has 3 aromatic rings. The first-order valence-corrected chi connectivity index (χ1v) is 11.8. The molecule has 2 N–H and O–H groups in total. The van der Waals surface area contributed by atoms with Gasteiger partial charge in [-0.15, -0.1) is 0 Å². The van der Waals surface area contributed by atoms with Gasteiger partial charge in [0.2, 0.25) is 15.9 Å². The molecule has 34 heavy (non-hydrogen) atoms. The van der Waals surface area contributed by atoms with Crippen LogP contribution >= 0.6 is 0 Å². The van der Waals surface area contributed by atoms with Crippen LogP contribution in [0, 0.1) is 17.1 Å². The number of amides is 1. The first kappa shape index (κ1) is 24.9. The first-order valence-electron chi connectivity index (χ1n) is 10.3. The molecular formula is C23H24FN5O4S. The summed E-state index contributed by atoms with van der Waals surface area (Å²) in [6.07, 6.45) is 3.12. The van der Waals surface area contributed by atoms with Crippen LogP contribution in [0.5, 0.6) is 5.75 Å². The third-order valence-corrected chi connectivity index (χ3v) is 6.68. The van der Waals surface area contributed by atoms with Crippen molar-refractivity contribution in [1.29, 1.82) is 5.26 Å². The van der Waals surface area contributed by atoms with E-state index in [-0.39, 0.29) is 35.9 Å². The summed E-state index contributed by atoms with van der Waals surface area (Å²) in [5.74, 6) is -1.05. The zero-order chi connectivity index (χ0) is 24.7. The Morgan fingerprint density at radius 2 is 2.09 bits per heavy atom. The zero-order valence-corrected chi connectivity index (χ0v) is 19.5. The van der Waals surface area contributed by atoms with Crippen LogP contribution in [0.1, 0.15) is 29.2 Å². The highest BCUT2D eigenvalue weighted by molar-refractivity contribution is 7.89. The highest BCUT2D eigenvalue weighted by Crippen LogP contribution is 2.25. The van der Waals surface area contributed by atoms with Gasteiger partial charge in [-0.3, -0.25) is 4.79 Å². The molecule has 2 aromatic carbocycles. The van der Waals surface area contributed by atoms with E-state index >= 15 is 0 Å². The number of sulfonamides is 1. The van der Waals surface area contributed by atoms with E-state index in [0.717, 1.165) is 5.69 Å². The number of aromatic nitrogens is 2. The van der Waals surface area contributed by atoms with Crippen molar-refractivity contribution in [2.24, 2.45) is 7.05 Å². The van der Waals surface area contributed by atoms with E-state index in [2.05, 4.69) is 15.0 Å². The SMILES string of the molecule is COc1cccc(S(=O)(=O)NCCC(=O)NCC(c2ccc(C#N)c(F)c2)c2cncn2C)c1. The van der Waals surface area contributed by atoms with Crippen LogP contribution in [-0.2, 0) is 21.9 Å². The average molecular weight is 486 g/mol. The Morgan fingerprint density at radius 1 is 1.29 bits per heavy atom. The number of nitriles is 1. The van der Waals surface area contributed by atoms with Gasteiger partial charge in [-0.1, -0.05) is 12.1 Å². The Bertz CT molecular complexity index is 1320. The highest BCUT2D eigenvalue weighted by Gasteiger charge is 2.20. The number of hydrogen-bond donors (Lipinski definition) is 2. The van der Waals surface area contributed by atoms with Gasteiger partial charge in [-0.25, -0.2) is 22.5 Å². The van der Waals surface area contributed by atoms with E-state index in [9.17, 15) is 17.6 Å². The lowest BCUT2D eigenvalue weighted by Gasteiger charge is -2.19. The maximum Gasteiger partial charge on any atom is 0.240 e. The molecule has 0 radical (unpaired) electrons. The van der Waals surface area contributed by atoms with Crippen molar-refractivity contribution >= 4 is 15.9 Å². The van der Waals surface area contributed by atoms with Gasteiger partial charge in [0.1, 0.15) is 17.6 Å². The second kappa shape index (κ2) is 10.9. The number of methoxy groups -OCH3 is 1. The molecule has 1 heterocycles. The number of imidazole rings is 1. The molecule has 0 saturated carbocycles. The van der Waals surface area contributed by atoms with Crippen LogP contribution in [0.25, 0.3) is 0 Å². The van der Waals surface area contributed by atoms with E-state index < -0.39 is 21.8 Å². The minimum atomic E-state index is -3.80. The molecule has 9 nitrogen and oxygen atoms in total. The number of rotatable bonds is 10. The Morgan fingerprint density at radius 3 is 2.74 bits per heavy atom. The summed E-state index contributed by atoms with van der Waals surface area (Å²) >= 11 is 0. The van der Waals surface area contributed by atoms with Gasteiger partial charge < -0.3 is 14.6 Å². The molecule has 11 heteroatoms. The maximum atomic E-state index is 14.2. The van der Waals surface area contributed by atoms with Crippen molar-refractivity contribution in [2.75, 3.05) is 20.2 Å². The summed E-state index contributed by atoms with van der Waals surface area (Å²) in [5, 5.41) is 11.7. The van der Waals surface area contributed by atoms with Crippen LogP contribution < -0.4 is 14.8 Å². The average Bonchev–Trinajstić information content (AvgIpc) is 3.24. The fourth-order valence-corrected chi connectivity index (χ4v) is 4.46. The molecule has 0 bridgehead atoms. The number of aryl methyl sites for hydroxylation is 1. The number of nitrogens with zero attached hydrogens (tertiary/aromatic N) is 3. The molecule has 0 aliphatic rings. The highest BCUT2D eigenvalue weighted by atomic mass is 32.2. The second-order valence-electron chi connectivity index (χ2n) is 7.46. The molecule has 0 spiro atoms. The van der Waals surface area contributed by atoms with E-state index in [4.69, 9.17) is 10.00 Å². The summed E-state index contributed by atoms with van der Waals surface area (Å²) in [5.41, 5.74) is 1.24. The van der Waals surface area contributed by atoms with Gasteiger partial charge in [-0.2, -0.15) is 5.26 Å². The van der Waals surface area contributed by atoms with Gasteiger partial charge in [0, 0.05) is 50.4 Å². The van der Waals surface area contributed by atoms with Gasteiger partial charge in [-0.05, 0) is 29.8 Å². The number of carbonyl (C=O) groups is 1. The van der Waals surface area contributed by atoms with Gasteiger partial charge >= 0.3 is 0 Å². The Balaban J connectivity index is 1.63. The normalized spacial score (nSPS) is 12.1. The van der Waals surface area contributed by atoms with Crippen LogP contribution in [0.2, 0.25) is 0 Å². The monoisotopic (exact) mass is 485 g/mol.